The first-order chi connectivity index (χ1) is 4.83. The van der Waals surface area contributed by atoms with Crippen LogP contribution in [0.1, 0.15) is 76.2 Å². The molecule has 0 saturated carbocycles. The molecule has 0 saturated heterocycles. The zero-order chi connectivity index (χ0) is 9.49. The molecule has 0 atom stereocenters. The summed E-state index contributed by atoms with van der Waals surface area (Å²) in [7, 11) is 0. The van der Waals surface area contributed by atoms with Gasteiger partial charge in [0.1, 0.15) is 0 Å². The Labute approximate surface area is 88.1 Å². The molecule has 0 aromatic rings. The molecule has 0 aliphatic carbocycles. The lowest BCUT2D eigenvalue weighted by molar-refractivity contribution is 0.398. The van der Waals surface area contributed by atoms with Crippen molar-refractivity contribution in [3.05, 3.63) is 0 Å². The molecule has 0 unspecified atom stereocenters. The molecule has 86 valence electrons. The average molecular weight is 190 g/mol. The normalized spacial score (nSPS) is 9.23. The third-order valence-corrected chi connectivity index (χ3v) is 1.88. The van der Waals surface area contributed by atoms with Crippen LogP contribution in [0.4, 0.5) is 0 Å². The fraction of sp³-hybridized carbons (Fsp3) is 1.00. The van der Waals surface area contributed by atoms with E-state index in [1.807, 2.05) is 0 Å². The third-order valence-electron chi connectivity index (χ3n) is 1.88. The Morgan fingerprint density at radius 1 is 0.923 bits per heavy atom. The van der Waals surface area contributed by atoms with Crippen LogP contribution in [0.3, 0.4) is 0 Å². The molecule has 0 radical (unpaired) electrons. The summed E-state index contributed by atoms with van der Waals surface area (Å²) < 4.78 is 0. The van der Waals surface area contributed by atoms with Crippen molar-refractivity contribution in [1.29, 1.82) is 0 Å². The molecule has 0 heterocycles. The van der Waals surface area contributed by atoms with Crippen LogP contribution >= 0.6 is 0 Å². The maximum absolute atomic E-state index is 2.24. The van der Waals surface area contributed by atoms with Crippen molar-refractivity contribution < 1.29 is 0 Å². The van der Waals surface area contributed by atoms with Gasteiger partial charge in [-0.1, -0.05) is 76.2 Å². The van der Waals surface area contributed by atoms with E-state index in [1.165, 1.54) is 12.8 Å². The lowest BCUT2D eigenvalue weighted by Crippen LogP contribution is -2.00. The van der Waals surface area contributed by atoms with E-state index < -0.39 is 0 Å². The van der Waals surface area contributed by atoms with Crippen molar-refractivity contribution >= 4 is 0 Å². The zero-order valence-electron chi connectivity index (χ0n) is 9.49. The zero-order valence-corrected chi connectivity index (χ0v) is 9.49. The highest BCUT2D eigenvalue weighted by molar-refractivity contribution is 4.55. The van der Waals surface area contributed by atoms with Gasteiger partial charge >= 0.3 is 0 Å². The number of hydrogen-bond acceptors (Lipinski definition) is 0. The Kier molecular flexibility index (Phi) is 21.3. The highest BCUT2D eigenvalue weighted by atomic mass is 14.1. The predicted octanol–water partition coefficient (Wildman–Crippen LogP) is 5.77. The topological polar surface area (TPSA) is 0 Å². The van der Waals surface area contributed by atoms with Crippen molar-refractivity contribution in [3.8, 4) is 0 Å². The van der Waals surface area contributed by atoms with Crippen molar-refractivity contribution in [2.24, 2.45) is 11.3 Å². The van der Waals surface area contributed by atoms with E-state index in [0.29, 0.717) is 5.41 Å². The standard InChI is InChI=1S/C6H14.C5H12.2CH4/c1-5-6(2,3)4;1-4-5(2)3;;/h5H2,1-4H3;5H,4H2,1-3H3;2*1H4. The fourth-order valence-corrected chi connectivity index (χ4v) is 0. The fourth-order valence-electron chi connectivity index (χ4n) is 0. The maximum atomic E-state index is 2.24. The average Bonchev–Trinajstić information content (AvgIpc) is 1.88. The summed E-state index contributed by atoms with van der Waals surface area (Å²) in [5, 5.41) is 0. The minimum Gasteiger partial charge on any atom is -0.0776 e. The highest BCUT2D eigenvalue weighted by Gasteiger charge is 2.03. The first-order valence-corrected chi connectivity index (χ1v) is 4.83. The van der Waals surface area contributed by atoms with Crippen LogP contribution in [-0.4, -0.2) is 0 Å². The largest absolute Gasteiger partial charge is 0.0776 e. The van der Waals surface area contributed by atoms with E-state index in [-0.39, 0.29) is 14.9 Å². The molecular formula is C13H34. The van der Waals surface area contributed by atoms with Gasteiger partial charge in [0.15, 0.2) is 0 Å². The van der Waals surface area contributed by atoms with Gasteiger partial charge < -0.3 is 0 Å². The van der Waals surface area contributed by atoms with E-state index in [2.05, 4.69) is 48.5 Å². The van der Waals surface area contributed by atoms with Gasteiger partial charge in [-0.15, -0.1) is 0 Å². The van der Waals surface area contributed by atoms with Gasteiger partial charge in [0, 0.05) is 0 Å². The Morgan fingerprint density at radius 3 is 1.08 bits per heavy atom. The molecule has 0 bridgehead atoms. The summed E-state index contributed by atoms with van der Waals surface area (Å²) in [6.45, 7) is 15.6. The second-order valence-electron chi connectivity index (χ2n) is 4.72. The monoisotopic (exact) mass is 190 g/mol. The van der Waals surface area contributed by atoms with Crippen LogP contribution in [0.5, 0.6) is 0 Å². The molecule has 0 N–H and O–H groups in total. The van der Waals surface area contributed by atoms with E-state index in [4.69, 9.17) is 0 Å². The van der Waals surface area contributed by atoms with Gasteiger partial charge in [0.05, 0.1) is 0 Å². The third kappa shape index (κ3) is 48.0. The van der Waals surface area contributed by atoms with E-state index in [1.54, 1.807) is 0 Å². The molecule has 0 aliphatic rings. The van der Waals surface area contributed by atoms with Gasteiger partial charge in [-0.2, -0.15) is 0 Å². The molecule has 0 heteroatoms. The van der Waals surface area contributed by atoms with Crippen LogP contribution in [0.2, 0.25) is 0 Å². The molecule has 0 aromatic heterocycles. The number of rotatable bonds is 1. The van der Waals surface area contributed by atoms with Crippen LogP contribution < -0.4 is 0 Å². The molecule has 0 nitrogen and oxygen atoms in total. The molecule has 0 aliphatic heterocycles. The summed E-state index contributed by atoms with van der Waals surface area (Å²) in [4.78, 5) is 0. The lowest BCUT2D eigenvalue weighted by atomic mass is 9.94. The Bertz CT molecular complexity index is 64.6. The van der Waals surface area contributed by atoms with Crippen LogP contribution in [-0.2, 0) is 0 Å². The summed E-state index contributed by atoms with van der Waals surface area (Å²) >= 11 is 0. The van der Waals surface area contributed by atoms with E-state index >= 15 is 0 Å². The molecule has 0 aromatic carbocycles. The van der Waals surface area contributed by atoms with Gasteiger partial charge in [-0.25, -0.2) is 0 Å². The van der Waals surface area contributed by atoms with Crippen molar-refractivity contribution in [3.63, 3.8) is 0 Å². The molecule has 13 heavy (non-hydrogen) atoms. The van der Waals surface area contributed by atoms with Crippen LogP contribution in [0.15, 0.2) is 0 Å². The van der Waals surface area contributed by atoms with Gasteiger partial charge in [-0.3, -0.25) is 0 Å². The molecule has 0 spiro atoms. The smallest absolute Gasteiger partial charge is 0.0385 e. The van der Waals surface area contributed by atoms with E-state index in [9.17, 15) is 0 Å². The van der Waals surface area contributed by atoms with Crippen molar-refractivity contribution in [2.45, 2.75) is 76.2 Å². The Hall–Kier alpha value is 0. The van der Waals surface area contributed by atoms with E-state index in [0.717, 1.165) is 5.92 Å². The second kappa shape index (κ2) is 12.0. The summed E-state index contributed by atoms with van der Waals surface area (Å²) in [5.41, 5.74) is 0.542. The summed E-state index contributed by atoms with van der Waals surface area (Å²) in [6.07, 6.45) is 2.58. The Balaban J connectivity index is -0.0000000546. The summed E-state index contributed by atoms with van der Waals surface area (Å²) in [5.74, 6) is 0.884. The highest BCUT2D eigenvalue weighted by Crippen LogP contribution is 2.16. The molecular weight excluding hydrogens is 156 g/mol. The molecule has 0 rings (SSSR count). The second-order valence-corrected chi connectivity index (χ2v) is 4.72. The van der Waals surface area contributed by atoms with Crippen molar-refractivity contribution in [2.75, 3.05) is 0 Å². The minimum atomic E-state index is 0. The molecule has 0 amide bonds. The summed E-state index contributed by atoms with van der Waals surface area (Å²) in [6, 6.07) is 0. The van der Waals surface area contributed by atoms with Gasteiger partial charge in [-0.05, 0) is 11.3 Å². The minimum absolute atomic E-state index is 0. The molecule has 0 fully saturated rings. The maximum Gasteiger partial charge on any atom is -0.0385 e. The first-order valence-electron chi connectivity index (χ1n) is 4.83. The predicted molar refractivity (Wildman–Crippen MR) is 68.3 cm³/mol. The van der Waals surface area contributed by atoms with Crippen molar-refractivity contribution in [1.82, 2.24) is 0 Å². The Morgan fingerprint density at radius 2 is 1.08 bits per heavy atom. The first kappa shape index (κ1) is 23.1. The van der Waals surface area contributed by atoms with Crippen LogP contribution in [0.25, 0.3) is 0 Å². The SMILES string of the molecule is C.C.CCC(C)(C)C.CCC(C)C. The van der Waals surface area contributed by atoms with Crippen LogP contribution in [0, 0.1) is 11.3 Å². The number of hydrogen-bond donors (Lipinski definition) is 0. The quantitative estimate of drug-likeness (QED) is 0.492. The lowest BCUT2D eigenvalue weighted by Gasteiger charge is -2.12. The van der Waals surface area contributed by atoms with Gasteiger partial charge in [0.2, 0.25) is 0 Å². The van der Waals surface area contributed by atoms with Gasteiger partial charge in [0.25, 0.3) is 0 Å².